The molecule has 0 aliphatic carbocycles. The van der Waals surface area contributed by atoms with Crippen molar-refractivity contribution >= 4 is 17.7 Å². The Morgan fingerprint density at radius 2 is 1.79 bits per heavy atom. The smallest absolute Gasteiger partial charge is 0.416 e. The average molecular weight is 404 g/mol. The van der Waals surface area contributed by atoms with E-state index in [9.17, 15) is 18.0 Å². The number of para-hydroxylation sites is 2. The van der Waals surface area contributed by atoms with E-state index in [-0.39, 0.29) is 5.91 Å². The number of piperazine rings is 1. The first-order valence-corrected chi connectivity index (χ1v) is 9.49. The number of alkyl halides is 3. The van der Waals surface area contributed by atoms with Crippen molar-refractivity contribution in [2.45, 2.75) is 13.1 Å². The molecule has 29 heavy (non-hydrogen) atoms. The van der Waals surface area contributed by atoms with Gasteiger partial charge in [-0.15, -0.1) is 0 Å². The molecule has 3 rings (SSSR count). The molecule has 2 aromatic carbocycles. The van der Waals surface area contributed by atoms with Crippen LogP contribution in [0.5, 0.6) is 5.75 Å². The molecule has 1 saturated heterocycles. The van der Waals surface area contributed by atoms with Crippen molar-refractivity contribution in [3.05, 3.63) is 65.7 Å². The molecule has 1 heterocycles. The third-order valence-electron chi connectivity index (χ3n) is 4.73. The van der Waals surface area contributed by atoms with Gasteiger partial charge in [0.15, 0.2) is 0 Å². The predicted molar refractivity (Wildman–Crippen MR) is 107 cm³/mol. The van der Waals surface area contributed by atoms with E-state index in [4.69, 9.17) is 4.74 Å². The Labute approximate surface area is 168 Å². The summed E-state index contributed by atoms with van der Waals surface area (Å²) in [5.74, 6) is 0.611. The van der Waals surface area contributed by atoms with Gasteiger partial charge in [0.05, 0.1) is 17.9 Å². The quantitative estimate of drug-likeness (QED) is 0.690. The maximum Gasteiger partial charge on any atom is 0.416 e. The largest absolute Gasteiger partial charge is 0.492 e. The highest BCUT2D eigenvalue weighted by molar-refractivity contribution is 5.92. The number of halogens is 3. The lowest BCUT2D eigenvalue weighted by atomic mass is 10.1. The number of hydrogen-bond donors (Lipinski definition) is 0. The summed E-state index contributed by atoms with van der Waals surface area (Å²) >= 11 is 0. The van der Waals surface area contributed by atoms with Crippen molar-refractivity contribution < 1.29 is 22.7 Å². The topological polar surface area (TPSA) is 32.8 Å². The van der Waals surface area contributed by atoms with Crippen LogP contribution < -0.4 is 9.64 Å². The van der Waals surface area contributed by atoms with Crippen molar-refractivity contribution in [2.24, 2.45) is 0 Å². The second kappa shape index (κ2) is 9.03. The summed E-state index contributed by atoms with van der Waals surface area (Å²) in [7, 11) is 0. The molecule has 0 atom stereocenters. The van der Waals surface area contributed by atoms with Gasteiger partial charge in [-0.05, 0) is 42.8 Å². The highest BCUT2D eigenvalue weighted by Crippen LogP contribution is 2.30. The van der Waals surface area contributed by atoms with Crippen LogP contribution in [-0.4, -0.2) is 43.6 Å². The number of carbonyl (C=O) groups is 1. The minimum atomic E-state index is -4.40. The molecule has 1 amide bonds. The van der Waals surface area contributed by atoms with Crippen molar-refractivity contribution in [2.75, 3.05) is 37.7 Å². The Bertz CT molecular complexity index is 872. The number of rotatable bonds is 5. The number of benzene rings is 2. The average Bonchev–Trinajstić information content (AvgIpc) is 2.72. The number of nitrogens with zero attached hydrogens (tertiary/aromatic N) is 2. The first-order chi connectivity index (χ1) is 13.9. The zero-order chi connectivity index (χ0) is 20.9. The first kappa shape index (κ1) is 20.8. The molecule has 0 saturated carbocycles. The van der Waals surface area contributed by atoms with E-state index in [1.807, 2.05) is 31.2 Å². The minimum Gasteiger partial charge on any atom is -0.492 e. The van der Waals surface area contributed by atoms with Crippen molar-refractivity contribution in [3.63, 3.8) is 0 Å². The summed E-state index contributed by atoms with van der Waals surface area (Å²) in [5, 5.41) is 0. The normalized spacial score (nSPS) is 15.0. The molecule has 0 N–H and O–H groups in total. The molecular weight excluding hydrogens is 381 g/mol. The summed E-state index contributed by atoms with van der Waals surface area (Å²) in [6.45, 7) is 4.90. The second-order valence-corrected chi connectivity index (χ2v) is 6.67. The molecule has 1 fully saturated rings. The lowest BCUT2D eigenvalue weighted by Gasteiger charge is -2.36. The fourth-order valence-corrected chi connectivity index (χ4v) is 3.26. The van der Waals surface area contributed by atoms with Crippen LogP contribution in [0.3, 0.4) is 0 Å². The van der Waals surface area contributed by atoms with Gasteiger partial charge in [0, 0.05) is 32.3 Å². The molecule has 0 spiro atoms. The van der Waals surface area contributed by atoms with Gasteiger partial charge in [0.2, 0.25) is 5.91 Å². The van der Waals surface area contributed by atoms with Crippen LogP contribution in [0.4, 0.5) is 18.9 Å². The summed E-state index contributed by atoms with van der Waals surface area (Å²) in [5.41, 5.74) is 0.618. The number of ether oxygens (including phenoxy) is 1. The minimum absolute atomic E-state index is 0.208. The molecule has 4 nitrogen and oxygen atoms in total. The summed E-state index contributed by atoms with van der Waals surface area (Å²) in [6, 6.07) is 12.7. The van der Waals surface area contributed by atoms with Gasteiger partial charge < -0.3 is 14.5 Å². The van der Waals surface area contributed by atoms with E-state index >= 15 is 0 Å². The second-order valence-electron chi connectivity index (χ2n) is 6.67. The van der Waals surface area contributed by atoms with Crippen LogP contribution in [0.15, 0.2) is 54.6 Å². The van der Waals surface area contributed by atoms with E-state index in [2.05, 4.69) is 4.90 Å². The van der Waals surface area contributed by atoms with E-state index in [1.165, 1.54) is 18.2 Å². The summed E-state index contributed by atoms with van der Waals surface area (Å²) in [4.78, 5) is 16.3. The molecule has 0 unspecified atom stereocenters. The molecule has 1 aliphatic heterocycles. The predicted octanol–water partition coefficient (Wildman–Crippen LogP) is 4.47. The fourth-order valence-electron chi connectivity index (χ4n) is 3.26. The van der Waals surface area contributed by atoms with Crippen LogP contribution >= 0.6 is 0 Å². The van der Waals surface area contributed by atoms with Gasteiger partial charge in [-0.1, -0.05) is 24.3 Å². The van der Waals surface area contributed by atoms with E-state index in [0.29, 0.717) is 38.3 Å². The molecule has 2 aromatic rings. The van der Waals surface area contributed by atoms with Crippen molar-refractivity contribution in [3.8, 4) is 5.75 Å². The number of anilines is 1. The van der Waals surface area contributed by atoms with Gasteiger partial charge >= 0.3 is 6.18 Å². The van der Waals surface area contributed by atoms with E-state index in [1.54, 1.807) is 11.0 Å². The van der Waals surface area contributed by atoms with Crippen LogP contribution in [-0.2, 0) is 11.0 Å². The van der Waals surface area contributed by atoms with Crippen LogP contribution in [0.1, 0.15) is 18.1 Å². The SMILES string of the molecule is CCOc1ccccc1N1CCN(C(=O)C=Cc2cccc(C(F)(F)F)c2)CC1. The van der Waals surface area contributed by atoms with Crippen LogP contribution in [0.25, 0.3) is 6.08 Å². The Morgan fingerprint density at radius 3 is 2.48 bits per heavy atom. The van der Waals surface area contributed by atoms with Gasteiger partial charge in [-0.2, -0.15) is 13.2 Å². The maximum atomic E-state index is 12.8. The molecule has 0 bridgehead atoms. The van der Waals surface area contributed by atoms with Crippen molar-refractivity contribution in [1.29, 1.82) is 0 Å². The zero-order valence-corrected chi connectivity index (χ0v) is 16.2. The van der Waals surface area contributed by atoms with E-state index < -0.39 is 11.7 Å². The third-order valence-corrected chi connectivity index (χ3v) is 4.73. The Morgan fingerprint density at radius 1 is 1.07 bits per heavy atom. The molecule has 0 aromatic heterocycles. The monoisotopic (exact) mass is 404 g/mol. The summed E-state index contributed by atoms with van der Waals surface area (Å²) in [6.07, 6.45) is -1.64. The van der Waals surface area contributed by atoms with Gasteiger partial charge in [-0.3, -0.25) is 4.79 Å². The van der Waals surface area contributed by atoms with Gasteiger partial charge in [-0.25, -0.2) is 0 Å². The number of hydrogen-bond acceptors (Lipinski definition) is 3. The van der Waals surface area contributed by atoms with E-state index in [0.717, 1.165) is 23.6 Å². The third kappa shape index (κ3) is 5.31. The van der Waals surface area contributed by atoms with Crippen molar-refractivity contribution in [1.82, 2.24) is 4.90 Å². The van der Waals surface area contributed by atoms with Crippen LogP contribution in [0.2, 0.25) is 0 Å². The van der Waals surface area contributed by atoms with Crippen LogP contribution in [0, 0.1) is 0 Å². The standard InChI is InChI=1S/C22H23F3N2O2/c1-2-29-20-9-4-3-8-19(20)26-12-14-27(15-13-26)21(28)11-10-17-6-5-7-18(16-17)22(23,24)25/h3-11,16H,2,12-15H2,1H3. The lowest BCUT2D eigenvalue weighted by Crippen LogP contribution is -2.48. The first-order valence-electron chi connectivity index (χ1n) is 9.49. The molecule has 1 aliphatic rings. The highest BCUT2D eigenvalue weighted by Gasteiger charge is 2.30. The maximum absolute atomic E-state index is 12.8. The number of amides is 1. The molecule has 7 heteroatoms. The summed E-state index contributed by atoms with van der Waals surface area (Å²) < 4.78 is 44.1. The lowest BCUT2D eigenvalue weighted by molar-refractivity contribution is -0.137. The number of carbonyl (C=O) groups excluding carboxylic acids is 1. The molecule has 154 valence electrons. The van der Waals surface area contributed by atoms with Gasteiger partial charge in [0.1, 0.15) is 5.75 Å². The Balaban J connectivity index is 1.60. The zero-order valence-electron chi connectivity index (χ0n) is 16.2. The Hall–Kier alpha value is -2.96. The van der Waals surface area contributed by atoms with Gasteiger partial charge in [0.25, 0.3) is 0 Å². The molecular formula is C22H23F3N2O2. The highest BCUT2D eigenvalue weighted by atomic mass is 19.4. The fraction of sp³-hybridized carbons (Fsp3) is 0.318. The Kier molecular flexibility index (Phi) is 6.46. The molecule has 0 radical (unpaired) electrons.